The molecule has 5 nitrogen and oxygen atoms in total. The molecule has 0 radical (unpaired) electrons. The lowest BCUT2D eigenvalue weighted by Gasteiger charge is -2.32. The van der Waals surface area contributed by atoms with Crippen molar-refractivity contribution in [3.8, 4) is 16.8 Å². The van der Waals surface area contributed by atoms with Crippen LogP contribution in [-0.2, 0) is 0 Å². The molecule has 1 aliphatic heterocycles. The molecule has 4 heterocycles. The van der Waals surface area contributed by atoms with Crippen molar-refractivity contribution in [3.05, 3.63) is 199 Å². The fourth-order valence-electron chi connectivity index (χ4n) is 8.87. The largest absolute Gasteiger partial charge is 0.456 e. The number of hydrogen-bond donors (Lipinski definition) is 0. The van der Waals surface area contributed by atoms with Crippen molar-refractivity contribution in [2.45, 2.75) is 6.17 Å². The van der Waals surface area contributed by atoms with Gasteiger partial charge >= 0.3 is 0 Å². The van der Waals surface area contributed by atoms with Crippen molar-refractivity contribution >= 4 is 86.9 Å². The topological polar surface area (TPSA) is 46.0 Å². The van der Waals surface area contributed by atoms with Crippen LogP contribution in [0.25, 0.3) is 80.7 Å². The molecule has 8 aromatic carbocycles. The molecular formula is C52H34N4OS. The highest BCUT2D eigenvalue weighted by atomic mass is 32.1. The molecule has 0 saturated carbocycles. The molecule has 12 rings (SSSR count). The van der Waals surface area contributed by atoms with Gasteiger partial charge in [0.25, 0.3) is 0 Å². The monoisotopic (exact) mass is 762 g/mol. The molecule has 0 spiro atoms. The number of aliphatic imine (C=N–C) groups is 2. The Balaban J connectivity index is 0.937. The Hall–Kier alpha value is -7.28. The first-order valence-electron chi connectivity index (χ1n) is 19.6. The molecule has 1 atom stereocenters. The van der Waals surface area contributed by atoms with Crippen LogP contribution in [0, 0.1) is 0 Å². The Morgan fingerprint density at radius 1 is 0.500 bits per heavy atom. The highest BCUT2D eigenvalue weighted by molar-refractivity contribution is 7.26. The maximum absolute atomic E-state index is 6.54. The van der Waals surface area contributed by atoms with Crippen LogP contribution in [0.15, 0.2) is 196 Å². The van der Waals surface area contributed by atoms with E-state index >= 15 is 0 Å². The molecule has 1 unspecified atom stereocenters. The molecule has 1 aliphatic rings. The van der Waals surface area contributed by atoms with E-state index in [1.165, 1.54) is 47.5 Å². The van der Waals surface area contributed by atoms with Crippen molar-refractivity contribution in [2.75, 3.05) is 7.05 Å². The quantitative estimate of drug-likeness (QED) is 0.175. The van der Waals surface area contributed by atoms with Crippen LogP contribution in [0.5, 0.6) is 0 Å². The summed E-state index contributed by atoms with van der Waals surface area (Å²) in [6.07, 6.45) is -0.245. The van der Waals surface area contributed by atoms with Crippen LogP contribution < -0.4 is 0 Å². The van der Waals surface area contributed by atoms with E-state index in [0.29, 0.717) is 0 Å². The molecule has 0 amide bonds. The number of hydrogen-bond acceptors (Lipinski definition) is 5. The van der Waals surface area contributed by atoms with Crippen LogP contribution in [0.2, 0.25) is 0 Å². The van der Waals surface area contributed by atoms with Crippen molar-refractivity contribution in [1.29, 1.82) is 0 Å². The highest BCUT2D eigenvalue weighted by Gasteiger charge is 2.29. The highest BCUT2D eigenvalue weighted by Crippen LogP contribution is 2.43. The second-order valence-corrected chi connectivity index (χ2v) is 16.1. The summed E-state index contributed by atoms with van der Waals surface area (Å²) in [5.74, 6) is 1.65. The maximum atomic E-state index is 6.54. The average Bonchev–Trinajstić information content (AvgIpc) is 3.96. The van der Waals surface area contributed by atoms with Crippen molar-refractivity contribution in [2.24, 2.45) is 9.98 Å². The van der Waals surface area contributed by atoms with Crippen LogP contribution in [0.1, 0.15) is 22.9 Å². The fourth-order valence-corrected chi connectivity index (χ4v) is 10.1. The summed E-state index contributed by atoms with van der Waals surface area (Å²) in [6.45, 7) is 0. The lowest BCUT2D eigenvalue weighted by molar-refractivity contribution is 0.385. The number of para-hydroxylation sites is 2. The molecule has 0 fully saturated rings. The second-order valence-electron chi connectivity index (χ2n) is 15.0. The van der Waals surface area contributed by atoms with Crippen LogP contribution in [-0.4, -0.2) is 28.2 Å². The normalized spacial score (nSPS) is 14.6. The Labute approximate surface area is 338 Å². The van der Waals surface area contributed by atoms with Gasteiger partial charge in [0.05, 0.1) is 11.0 Å². The van der Waals surface area contributed by atoms with E-state index in [1.807, 2.05) is 35.6 Å². The van der Waals surface area contributed by atoms with E-state index in [0.717, 1.165) is 61.6 Å². The van der Waals surface area contributed by atoms with E-state index in [1.54, 1.807) is 0 Å². The summed E-state index contributed by atoms with van der Waals surface area (Å²) < 4.78 is 11.4. The minimum absolute atomic E-state index is 0.245. The summed E-state index contributed by atoms with van der Waals surface area (Å²) in [7, 11) is 2.10. The molecule has 11 aromatic rings. The van der Waals surface area contributed by atoms with Gasteiger partial charge < -0.3 is 13.9 Å². The van der Waals surface area contributed by atoms with Gasteiger partial charge in [-0.25, -0.2) is 9.98 Å². The molecule has 58 heavy (non-hydrogen) atoms. The van der Waals surface area contributed by atoms with Crippen molar-refractivity contribution in [1.82, 2.24) is 9.47 Å². The predicted molar refractivity (Wildman–Crippen MR) is 243 cm³/mol. The molecule has 6 heteroatoms. The molecule has 3 aromatic heterocycles. The first-order chi connectivity index (χ1) is 28.7. The number of amidine groups is 2. The van der Waals surface area contributed by atoms with Gasteiger partial charge in [-0.05, 0) is 59.7 Å². The maximum Gasteiger partial charge on any atom is 0.159 e. The lowest BCUT2D eigenvalue weighted by atomic mass is 10.0. The Kier molecular flexibility index (Phi) is 7.31. The summed E-state index contributed by atoms with van der Waals surface area (Å²) in [5.41, 5.74) is 10.8. The van der Waals surface area contributed by atoms with E-state index in [-0.39, 0.29) is 6.17 Å². The van der Waals surface area contributed by atoms with E-state index < -0.39 is 0 Å². The molecule has 0 bridgehead atoms. The zero-order valence-corrected chi connectivity index (χ0v) is 32.3. The van der Waals surface area contributed by atoms with Crippen LogP contribution >= 0.6 is 11.3 Å². The first kappa shape index (κ1) is 32.9. The van der Waals surface area contributed by atoms with Gasteiger partial charge in [0.2, 0.25) is 0 Å². The number of nitrogens with zero attached hydrogens (tertiary/aromatic N) is 4. The van der Waals surface area contributed by atoms with Gasteiger partial charge in [-0.2, -0.15) is 0 Å². The lowest BCUT2D eigenvalue weighted by Crippen LogP contribution is -2.35. The number of furan rings is 1. The summed E-state index contributed by atoms with van der Waals surface area (Å²) in [4.78, 5) is 12.6. The Morgan fingerprint density at radius 2 is 1.16 bits per heavy atom. The predicted octanol–water partition coefficient (Wildman–Crippen LogP) is 13.6. The standard InChI is InChI=1S/C52H34N4OS/c1-55-51(33-15-6-3-7-16-33)53-50(32-13-4-2-5-14-32)54-52(55)42-20-12-19-41-40-27-24-35(30-48(40)58-49(41)42)34-23-26-39-43-31-36(25-28-46(43)57-47(39)29-34)56-44-21-10-8-17-37(44)38-18-9-11-22-45(38)56/h2-31,52H,1H3. The van der Waals surface area contributed by atoms with Crippen LogP contribution in [0.4, 0.5) is 0 Å². The first-order valence-corrected chi connectivity index (χ1v) is 20.4. The average molecular weight is 763 g/mol. The number of thiophene rings is 1. The molecule has 274 valence electrons. The van der Waals surface area contributed by atoms with Crippen molar-refractivity contribution in [3.63, 3.8) is 0 Å². The number of aromatic nitrogens is 1. The van der Waals surface area contributed by atoms with Gasteiger partial charge in [0, 0.05) is 71.1 Å². The Morgan fingerprint density at radius 3 is 1.91 bits per heavy atom. The van der Waals surface area contributed by atoms with E-state index in [2.05, 4.69) is 174 Å². The zero-order chi connectivity index (χ0) is 38.3. The summed E-state index contributed by atoms with van der Waals surface area (Å²) in [5, 5.41) is 7.22. The molecule has 0 N–H and O–H groups in total. The third-order valence-electron chi connectivity index (χ3n) is 11.7. The number of benzene rings is 8. The smallest absolute Gasteiger partial charge is 0.159 e. The zero-order valence-electron chi connectivity index (χ0n) is 31.5. The third kappa shape index (κ3) is 5.08. The van der Waals surface area contributed by atoms with Crippen LogP contribution in [0.3, 0.4) is 0 Å². The SMILES string of the molecule is CN1C(c2ccccc2)=NC(c2ccccc2)=NC1c1cccc2c1sc1cc(-c3ccc4c(c3)oc3ccc(-n5c6ccccc6c6ccccc65)cc34)ccc12. The number of rotatable bonds is 5. The summed E-state index contributed by atoms with van der Waals surface area (Å²) in [6, 6.07) is 64.6. The van der Waals surface area contributed by atoms with E-state index in [9.17, 15) is 0 Å². The third-order valence-corrected chi connectivity index (χ3v) is 12.9. The second kappa shape index (κ2) is 12.9. The Bertz CT molecular complexity index is 3430. The minimum Gasteiger partial charge on any atom is -0.456 e. The van der Waals surface area contributed by atoms with Gasteiger partial charge in [-0.15, -0.1) is 11.3 Å². The van der Waals surface area contributed by atoms with Gasteiger partial charge in [0.15, 0.2) is 12.0 Å². The molecule has 0 saturated heterocycles. The van der Waals surface area contributed by atoms with Gasteiger partial charge in [0.1, 0.15) is 17.0 Å². The van der Waals surface area contributed by atoms with Crippen molar-refractivity contribution < 1.29 is 4.42 Å². The molecular weight excluding hydrogens is 729 g/mol. The number of fused-ring (bicyclic) bond motifs is 9. The van der Waals surface area contributed by atoms with Gasteiger partial charge in [-0.1, -0.05) is 133 Å². The summed E-state index contributed by atoms with van der Waals surface area (Å²) >= 11 is 1.83. The van der Waals surface area contributed by atoms with E-state index in [4.69, 9.17) is 14.4 Å². The molecule has 0 aliphatic carbocycles. The minimum atomic E-state index is -0.245. The van der Waals surface area contributed by atoms with Gasteiger partial charge in [-0.3, -0.25) is 0 Å². The fraction of sp³-hybridized carbons (Fsp3) is 0.0385.